The summed E-state index contributed by atoms with van der Waals surface area (Å²) in [6, 6.07) is 13.2. The van der Waals surface area contributed by atoms with E-state index < -0.39 is 0 Å². The molecule has 16 heavy (non-hydrogen) atoms. The van der Waals surface area contributed by atoms with Crippen molar-refractivity contribution in [3.05, 3.63) is 54.4 Å². The number of hydrogen-bond acceptors (Lipinski definition) is 2. The minimum atomic E-state index is 0.435. The Morgan fingerprint density at radius 2 is 1.94 bits per heavy atom. The van der Waals surface area contributed by atoms with E-state index in [-0.39, 0.29) is 0 Å². The second-order valence-electron chi connectivity index (χ2n) is 3.95. The first-order valence-corrected chi connectivity index (χ1v) is 6.53. The second kappa shape index (κ2) is 4.26. The van der Waals surface area contributed by atoms with E-state index in [0.29, 0.717) is 6.04 Å². The van der Waals surface area contributed by atoms with Crippen LogP contribution in [0.25, 0.3) is 0 Å². The zero-order chi connectivity index (χ0) is 10.8. The van der Waals surface area contributed by atoms with Crippen molar-refractivity contribution in [3.8, 4) is 0 Å². The number of hydrogen-bond donors (Lipinski definition) is 1. The van der Waals surface area contributed by atoms with Crippen LogP contribution in [0.5, 0.6) is 0 Å². The van der Waals surface area contributed by atoms with Gasteiger partial charge >= 0.3 is 0 Å². The zero-order valence-electron chi connectivity index (χ0n) is 8.97. The maximum atomic E-state index is 3.52. The maximum absolute atomic E-state index is 3.52. The first-order chi connectivity index (χ1) is 7.93. The summed E-state index contributed by atoms with van der Waals surface area (Å²) < 4.78 is 2.04. The SMILES string of the molecule is c1ccc2c(c1)SCCC2Nn1cccc1. The predicted molar refractivity (Wildman–Crippen MR) is 68.3 cm³/mol. The molecule has 1 unspecified atom stereocenters. The molecular weight excluding hydrogens is 216 g/mol. The van der Waals surface area contributed by atoms with Gasteiger partial charge in [0, 0.05) is 23.0 Å². The van der Waals surface area contributed by atoms with E-state index in [4.69, 9.17) is 0 Å². The molecule has 1 N–H and O–H groups in total. The van der Waals surface area contributed by atoms with Gasteiger partial charge in [-0.3, -0.25) is 4.68 Å². The second-order valence-corrected chi connectivity index (χ2v) is 5.08. The Balaban J connectivity index is 1.87. The molecule has 3 heteroatoms. The van der Waals surface area contributed by atoms with Crippen molar-refractivity contribution in [2.24, 2.45) is 0 Å². The normalized spacial score (nSPS) is 19.1. The largest absolute Gasteiger partial charge is 0.319 e. The third-order valence-corrected chi connectivity index (χ3v) is 3.99. The lowest BCUT2D eigenvalue weighted by atomic mass is 10.0. The van der Waals surface area contributed by atoms with Crippen molar-refractivity contribution in [3.63, 3.8) is 0 Å². The summed E-state index contributed by atoms with van der Waals surface area (Å²) in [4.78, 5) is 1.42. The summed E-state index contributed by atoms with van der Waals surface area (Å²) in [6.45, 7) is 0. The van der Waals surface area contributed by atoms with Crippen LogP contribution in [0.4, 0.5) is 0 Å². The summed E-state index contributed by atoms with van der Waals surface area (Å²) in [7, 11) is 0. The van der Waals surface area contributed by atoms with Gasteiger partial charge in [-0.25, -0.2) is 0 Å². The van der Waals surface area contributed by atoms with Crippen molar-refractivity contribution in [2.75, 3.05) is 11.2 Å². The van der Waals surface area contributed by atoms with Crippen molar-refractivity contribution in [1.29, 1.82) is 0 Å². The van der Waals surface area contributed by atoms with Crippen LogP contribution >= 0.6 is 11.8 Å². The number of thioether (sulfide) groups is 1. The number of nitrogens with zero attached hydrogens (tertiary/aromatic N) is 1. The molecule has 3 rings (SSSR count). The fourth-order valence-electron chi connectivity index (χ4n) is 2.08. The molecule has 2 aromatic rings. The van der Waals surface area contributed by atoms with Crippen molar-refractivity contribution in [2.45, 2.75) is 17.4 Å². The Bertz CT molecular complexity index is 465. The van der Waals surface area contributed by atoms with E-state index in [2.05, 4.69) is 29.7 Å². The van der Waals surface area contributed by atoms with E-state index in [0.717, 1.165) is 0 Å². The molecule has 1 aliphatic rings. The Morgan fingerprint density at radius 3 is 2.81 bits per heavy atom. The lowest BCUT2D eigenvalue weighted by Crippen LogP contribution is -2.22. The fraction of sp³-hybridized carbons (Fsp3) is 0.231. The number of aromatic nitrogens is 1. The molecule has 0 saturated carbocycles. The molecular formula is C13H14N2S. The predicted octanol–water partition coefficient (Wildman–Crippen LogP) is 3.27. The first kappa shape index (κ1) is 9.85. The molecule has 2 nitrogen and oxygen atoms in total. The van der Waals surface area contributed by atoms with Crippen molar-refractivity contribution < 1.29 is 0 Å². The summed E-state index contributed by atoms with van der Waals surface area (Å²) in [5.74, 6) is 1.19. The van der Waals surface area contributed by atoms with Gasteiger partial charge in [0.05, 0.1) is 6.04 Å². The summed E-state index contributed by atoms with van der Waals surface area (Å²) in [5.41, 5.74) is 4.94. The van der Waals surface area contributed by atoms with Gasteiger partial charge in [-0.2, -0.15) is 0 Å². The highest BCUT2D eigenvalue weighted by Crippen LogP contribution is 2.36. The van der Waals surface area contributed by atoms with Gasteiger partial charge in [0.2, 0.25) is 0 Å². The number of nitrogens with one attached hydrogen (secondary N) is 1. The topological polar surface area (TPSA) is 17.0 Å². The van der Waals surface area contributed by atoms with Gasteiger partial charge < -0.3 is 5.43 Å². The molecule has 1 aliphatic heterocycles. The number of fused-ring (bicyclic) bond motifs is 1. The molecule has 0 fully saturated rings. The molecule has 2 heterocycles. The molecule has 1 aromatic heterocycles. The average Bonchev–Trinajstić information content (AvgIpc) is 2.82. The average molecular weight is 230 g/mol. The van der Waals surface area contributed by atoms with Crippen molar-refractivity contribution in [1.82, 2.24) is 4.68 Å². The van der Waals surface area contributed by atoms with E-state index in [1.54, 1.807) is 0 Å². The molecule has 1 atom stereocenters. The number of benzene rings is 1. The first-order valence-electron chi connectivity index (χ1n) is 5.55. The van der Waals surface area contributed by atoms with Gasteiger partial charge in [0.1, 0.15) is 0 Å². The smallest absolute Gasteiger partial charge is 0.0692 e. The standard InChI is InChI=1S/C13H14N2S/c1-2-6-13-11(5-1)12(7-10-16-13)14-15-8-3-4-9-15/h1-6,8-9,12,14H,7,10H2. The van der Waals surface area contributed by atoms with Crippen LogP contribution in [0.3, 0.4) is 0 Å². The third kappa shape index (κ3) is 1.83. The summed E-state index contributed by atoms with van der Waals surface area (Å²) in [5, 5.41) is 0. The van der Waals surface area contributed by atoms with Crippen LogP contribution in [-0.2, 0) is 0 Å². The minimum Gasteiger partial charge on any atom is -0.319 e. The Morgan fingerprint density at radius 1 is 1.12 bits per heavy atom. The summed E-state index contributed by atoms with van der Waals surface area (Å²) in [6.07, 6.45) is 5.27. The lowest BCUT2D eigenvalue weighted by molar-refractivity contribution is 0.640. The van der Waals surface area contributed by atoms with E-state index >= 15 is 0 Å². The zero-order valence-corrected chi connectivity index (χ0v) is 9.78. The quantitative estimate of drug-likeness (QED) is 0.852. The Labute approximate surface area is 99.6 Å². The summed E-state index contributed by atoms with van der Waals surface area (Å²) >= 11 is 1.96. The molecule has 0 saturated heterocycles. The molecule has 82 valence electrons. The lowest BCUT2D eigenvalue weighted by Gasteiger charge is -2.27. The monoisotopic (exact) mass is 230 g/mol. The molecule has 0 radical (unpaired) electrons. The minimum absolute atomic E-state index is 0.435. The van der Waals surface area contributed by atoms with Gasteiger partial charge in [-0.05, 0) is 30.2 Å². The van der Waals surface area contributed by atoms with Gasteiger partial charge in [0.15, 0.2) is 0 Å². The van der Waals surface area contributed by atoms with E-state index in [9.17, 15) is 0 Å². The van der Waals surface area contributed by atoms with E-state index in [1.165, 1.54) is 22.6 Å². The van der Waals surface area contributed by atoms with Crippen LogP contribution in [0.15, 0.2) is 53.7 Å². The van der Waals surface area contributed by atoms with E-state index in [1.807, 2.05) is 41.0 Å². The Kier molecular flexibility index (Phi) is 2.62. The molecule has 0 bridgehead atoms. The fourth-order valence-corrected chi connectivity index (χ4v) is 3.20. The van der Waals surface area contributed by atoms with Crippen LogP contribution in [-0.4, -0.2) is 10.4 Å². The van der Waals surface area contributed by atoms with Crippen LogP contribution in [0.2, 0.25) is 0 Å². The van der Waals surface area contributed by atoms with Crippen LogP contribution in [0, 0.1) is 0 Å². The highest BCUT2D eigenvalue weighted by atomic mass is 32.2. The molecule has 0 spiro atoms. The van der Waals surface area contributed by atoms with Gasteiger partial charge in [-0.1, -0.05) is 18.2 Å². The maximum Gasteiger partial charge on any atom is 0.0692 e. The van der Waals surface area contributed by atoms with Crippen molar-refractivity contribution >= 4 is 11.8 Å². The van der Waals surface area contributed by atoms with Crippen LogP contribution < -0.4 is 5.43 Å². The van der Waals surface area contributed by atoms with Gasteiger partial charge in [0.25, 0.3) is 0 Å². The van der Waals surface area contributed by atoms with Gasteiger partial charge in [-0.15, -0.1) is 11.8 Å². The Hall–Kier alpha value is -1.35. The third-order valence-electron chi connectivity index (χ3n) is 2.87. The van der Waals surface area contributed by atoms with Crippen LogP contribution in [0.1, 0.15) is 18.0 Å². The number of rotatable bonds is 2. The highest BCUT2D eigenvalue weighted by Gasteiger charge is 2.19. The molecule has 0 aliphatic carbocycles. The highest BCUT2D eigenvalue weighted by molar-refractivity contribution is 7.99. The molecule has 0 amide bonds. The molecule has 1 aromatic carbocycles.